The molecule has 1 aromatic rings. The zero-order valence-electron chi connectivity index (χ0n) is 12.5. The van der Waals surface area contributed by atoms with Crippen molar-refractivity contribution < 1.29 is 13.5 Å². The number of sulfonamides is 1. The predicted molar refractivity (Wildman–Crippen MR) is 82.5 cm³/mol. The van der Waals surface area contributed by atoms with E-state index in [2.05, 4.69) is 10.0 Å². The van der Waals surface area contributed by atoms with Crippen molar-refractivity contribution in [3.63, 3.8) is 0 Å². The van der Waals surface area contributed by atoms with Crippen molar-refractivity contribution >= 4 is 10.0 Å². The highest BCUT2D eigenvalue weighted by Crippen LogP contribution is 2.21. The van der Waals surface area contributed by atoms with Crippen molar-refractivity contribution in [1.82, 2.24) is 10.0 Å². The summed E-state index contributed by atoms with van der Waals surface area (Å²) in [6.07, 6.45) is 2.66. The molecule has 0 aliphatic heterocycles. The van der Waals surface area contributed by atoms with Gasteiger partial charge in [0.1, 0.15) is 0 Å². The van der Waals surface area contributed by atoms with Crippen molar-refractivity contribution in [1.29, 1.82) is 0 Å². The fourth-order valence-electron chi connectivity index (χ4n) is 2.62. The van der Waals surface area contributed by atoms with E-state index in [9.17, 15) is 13.5 Å². The first-order valence-electron chi connectivity index (χ1n) is 7.41. The lowest BCUT2D eigenvalue weighted by Crippen LogP contribution is -2.44. The molecule has 6 heteroatoms. The highest BCUT2D eigenvalue weighted by Gasteiger charge is 2.28. The van der Waals surface area contributed by atoms with Crippen LogP contribution >= 0.6 is 0 Å². The average molecular weight is 312 g/mol. The molecule has 0 bridgehead atoms. The van der Waals surface area contributed by atoms with Crippen molar-refractivity contribution in [2.24, 2.45) is 0 Å². The van der Waals surface area contributed by atoms with E-state index in [1.807, 2.05) is 26.1 Å². The number of hydrogen-bond acceptors (Lipinski definition) is 4. The normalized spacial score (nSPS) is 24.7. The molecule has 0 radical (unpaired) electrons. The lowest BCUT2D eigenvalue weighted by molar-refractivity contribution is 0.101. The first-order valence-corrected chi connectivity index (χ1v) is 8.90. The summed E-state index contributed by atoms with van der Waals surface area (Å²) in [5.74, 6) is 0. The third-order valence-corrected chi connectivity index (χ3v) is 5.67. The van der Waals surface area contributed by atoms with Crippen LogP contribution in [0.25, 0.3) is 0 Å². The average Bonchev–Trinajstić information content (AvgIpc) is 2.49. The molecule has 0 heterocycles. The van der Waals surface area contributed by atoms with Crippen LogP contribution in [0.4, 0.5) is 0 Å². The fraction of sp³-hybridized carbons (Fsp3) is 0.600. The molecule has 1 aromatic carbocycles. The molecule has 1 saturated carbocycles. The van der Waals surface area contributed by atoms with Gasteiger partial charge in [0.05, 0.1) is 11.0 Å². The Morgan fingerprint density at radius 2 is 1.81 bits per heavy atom. The number of aliphatic hydroxyl groups excluding tert-OH is 1. The van der Waals surface area contributed by atoms with Gasteiger partial charge in [-0.25, -0.2) is 13.1 Å². The molecule has 21 heavy (non-hydrogen) atoms. The van der Waals surface area contributed by atoms with E-state index < -0.39 is 16.1 Å². The van der Waals surface area contributed by atoms with Crippen LogP contribution in [0.2, 0.25) is 0 Å². The monoisotopic (exact) mass is 312 g/mol. The van der Waals surface area contributed by atoms with E-state index in [-0.39, 0.29) is 17.0 Å². The molecule has 2 rings (SSSR count). The number of nitrogens with one attached hydrogen (secondary N) is 2. The zero-order valence-corrected chi connectivity index (χ0v) is 13.4. The van der Waals surface area contributed by atoms with Crippen molar-refractivity contribution in [2.45, 2.75) is 55.7 Å². The highest BCUT2D eigenvalue weighted by atomic mass is 32.2. The van der Waals surface area contributed by atoms with Gasteiger partial charge in [-0.05, 0) is 44.5 Å². The molecule has 118 valence electrons. The van der Waals surface area contributed by atoms with Gasteiger partial charge >= 0.3 is 0 Å². The zero-order chi connectivity index (χ0) is 15.5. The van der Waals surface area contributed by atoms with Gasteiger partial charge in [0, 0.05) is 12.1 Å². The molecule has 3 unspecified atom stereocenters. The Kier molecular flexibility index (Phi) is 5.37. The van der Waals surface area contributed by atoms with Gasteiger partial charge in [-0.2, -0.15) is 0 Å². The number of benzene rings is 1. The Morgan fingerprint density at radius 1 is 1.19 bits per heavy atom. The van der Waals surface area contributed by atoms with Crippen molar-refractivity contribution in [2.75, 3.05) is 7.05 Å². The molecular weight excluding hydrogens is 288 g/mol. The maximum absolute atomic E-state index is 12.4. The molecular formula is C15H24N2O3S. The maximum atomic E-state index is 12.4. The van der Waals surface area contributed by atoms with Gasteiger partial charge in [-0.1, -0.05) is 25.0 Å². The van der Waals surface area contributed by atoms with Crippen LogP contribution in [0, 0.1) is 0 Å². The minimum atomic E-state index is -3.57. The second-order valence-corrected chi connectivity index (χ2v) is 7.37. The second-order valence-electron chi connectivity index (χ2n) is 5.66. The molecule has 1 fully saturated rings. The van der Waals surface area contributed by atoms with Gasteiger partial charge in [0.15, 0.2) is 0 Å². The van der Waals surface area contributed by atoms with Crippen LogP contribution in [0.5, 0.6) is 0 Å². The van der Waals surface area contributed by atoms with Crippen molar-refractivity contribution in [3.05, 3.63) is 29.8 Å². The largest absolute Gasteiger partial charge is 0.391 e. The lowest BCUT2D eigenvalue weighted by atomic mass is 9.93. The molecule has 0 aromatic heterocycles. The Bertz CT molecular complexity index is 557. The van der Waals surface area contributed by atoms with E-state index in [0.717, 1.165) is 18.4 Å². The van der Waals surface area contributed by atoms with Crippen LogP contribution in [0.1, 0.15) is 44.2 Å². The van der Waals surface area contributed by atoms with E-state index in [0.29, 0.717) is 12.8 Å². The van der Waals surface area contributed by atoms with Crippen LogP contribution in [0.3, 0.4) is 0 Å². The van der Waals surface area contributed by atoms with Gasteiger partial charge in [-0.3, -0.25) is 0 Å². The number of aliphatic hydroxyl groups is 1. The summed E-state index contributed by atoms with van der Waals surface area (Å²) in [5.41, 5.74) is 1.04. The summed E-state index contributed by atoms with van der Waals surface area (Å²) in [6.45, 7) is 2.01. The highest BCUT2D eigenvalue weighted by molar-refractivity contribution is 7.89. The molecule has 1 aliphatic rings. The SMILES string of the molecule is CNC(C)c1ccc(S(=O)(=O)NC2CCCCC2O)cc1. The molecule has 1 aliphatic carbocycles. The third-order valence-electron chi connectivity index (χ3n) is 4.16. The Hall–Kier alpha value is -0.950. The smallest absolute Gasteiger partial charge is 0.240 e. The minimum Gasteiger partial charge on any atom is -0.391 e. The number of rotatable bonds is 5. The molecule has 3 N–H and O–H groups in total. The second kappa shape index (κ2) is 6.87. The van der Waals surface area contributed by atoms with Gasteiger partial charge in [0.25, 0.3) is 0 Å². The summed E-state index contributed by atoms with van der Waals surface area (Å²) in [6, 6.07) is 6.65. The standard InChI is InChI=1S/C15H24N2O3S/c1-11(16-2)12-7-9-13(10-8-12)21(19,20)17-14-5-3-4-6-15(14)18/h7-11,14-18H,3-6H2,1-2H3. The first kappa shape index (κ1) is 16.4. The first-order chi connectivity index (χ1) is 9.94. The molecule has 3 atom stereocenters. The Balaban J connectivity index is 2.12. The van der Waals surface area contributed by atoms with E-state index in [4.69, 9.17) is 0 Å². The molecule has 0 saturated heterocycles. The van der Waals surface area contributed by atoms with Crippen LogP contribution < -0.4 is 10.0 Å². The topological polar surface area (TPSA) is 78.4 Å². The molecule has 0 amide bonds. The predicted octanol–water partition coefficient (Wildman–Crippen LogP) is 1.55. The minimum absolute atomic E-state index is 0.176. The maximum Gasteiger partial charge on any atom is 0.240 e. The summed E-state index contributed by atoms with van der Waals surface area (Å²) < 4.78 is 27.3. The summed E-state index contributed by atoms with van der Waals surface area (Å²) in [4.78, 5) is 0.243. The third kappa shape index (κ3) is 4.03. The van der Waals surface area contributed by atoms with E-state index in [1.54, 1.807) is 12.1 Å². The van der Waals surface area contributed by atoms with Crippen LogP contribution in [-0.4, -0.2) is 32.7 Å². The Labute approximate surface area is 126 Å². The Morgan fingerprint density at radius 3 is 2.38 bits per heavy atom. The lowest BCUT2D eigenvalue weighted by Gasteiger charge is -2.28. The van der Waals surface area contributed by atoms with Gasteiger partial charge < -0.3 is 10.4 Å². The van der Waals surface area contributed by atoms with Crippen LogP contribution in [-0.2, 0) is 10.0 Å². The number of hydrogen-bond donors (Lipinski definition) is 3. The van der Waals surface area contributed by atoms with Crippen molar-refractivity contribution in [3.8, 4) is 0 Å². The summed E-state index contributed by atoms with van der Waals surface area (Å²) in [7, 11) is -1.71. The van der Waals surface area contributed by atoms with E-state index in [1.165, 1.54) is 0 Å². The quantitative estimate of drug-likeness (QED) is 0.771. The summed E-state index contributed by atoms with van der Waals surface area (Å²) in [5, 5.41) is 13.0. The fourth-order valence-corrected chi connectivity index (χ4v) is 3.92. The van der Waals surface area contributed by atoms with E-state index >= 15 is 0 Å². The summed E-state index contributed by atoms with van der Waals surface area (Å²) >= 11 is 0. The van der Waals surface area contributed by atoms with Gasteiger partial charge in [0.2, 0.25) is 10.0 Å². The van der Waals surface area contributed by atoms with Gasteiger partial charge in [-0.15, -0.1) is 0 Å². The van der Waals surface area contributed by atoms with Crippen LogP contribution in [0.15, 0.2) is 29.2 Å². The molecule has 5 nitrogen and oxygen atoms in total. The molecule has 0 spiro atoms.